The van der Waals surface area contributed by atoms with E-state index in [2.05, 4.69) is 40.2 Å². The van der Waals surface area contributed by atoms with Gasteiger partial charge in [0.05, 0.1) is 17.3 Å². The number of fused-ring (bicyclic) bond motifs is 1. The van der Waals surface area contributed by atoms with Crippen LogP contribution in [0.5, 0.6) is 5.75 Å². The second-order valence-corrected chi connectivity index (χ2v) is 8.14. The predicted octanol–water partition coefficient (Wildman–Crippen LogP) is 3.53. The summed E-state index contributed by atoms with van der Waals surface area (Å²) in [5, 5.41) is 3.75. The lowest BCUT2D eigenvalue weighted by Gasteiger charge is -2.36. The Hall–Kier alpha value is -2.24. The molecule has 5 nitrogen and oxygen atoms in total. The van der Waals surface area contributed by atoms with Gasteiger partial charge in [-0.3, -0.25) is 9.69 Å². The van der Waals surface area contributed by atoms with Gasteiger partial charge in [0.15, 0.2) is 0 Å². The summed E-state index contributed by atoms with van der Waals surface area (Å²) in [6.07, 6.45) is 1.86. The molecule has 1 amide bonds. The fourth-order valence-corrected chi connectivity index (χ4v) is 4.29. The van der Waals surface area contributed by atoms with Crippen LogP contribution in [0.3, 0.4) is 0 Å². The highest BCUT2D eigenvalue weighted by Crippen LogP contribution is 2.29. The van der Waals surface area contributed by atoms with Crippen LogP contribution in [-0.4, -0.2) is 56.7 Å². The van der Waals surface area contributed by atoms with Crippen molar-refractivity contribution in [1.29, 1.82) is 0 Å². The van der Waals surface area contributed by atoms with E-state index < -0.39 is 0 Å². The Morgan fingerprint density at radius 2 is 1.97 bits per heavy atom. The number of hydrogen-bond donors (Lipinski definition) is 1. The van der Waals surface area contributed by atoms with Crippen molar-refractivity contribution in [3.05, 3.63) is 58.1 Å². The van der Waals surface area contributed by atoms with Crippen molar-refractivity contribution in [3.8, 4) is 5.75 Å². The van der Waals surface area contributed by atoms with E-state index in [0.29, 0.717) is 6.61 Å². The first-order chi connectivity index (χ1) is 14.1. The summed E-state index contributed by atoms with van der Waals surface area (Å²) in [7, 11) is 0. The number of nitrogens with one attached hydrogen (secondary N) is 1. The lowest BCUT2D eigenvalue weighted by atomic mass is 10.0. The molecule has 0 bridgehead atoms. The Morgan fingerprint density at radius 3 is 2.79 bits per heavy atom. The molecule has 2 heterocycles. The molecule has 0 spiro atoms. The van der Waals surface area contributed by atoms with E-state index in [0.717, 1.165) is 85.3 Å². The number of piperazine rings is 1. The number of carbonyl (C=O) groups excluding carboxylic acids is 1. The summed E-state index contributed by atoms with van der Waals surface area (Å²) in [5.41, 5.74) is 4.13. The summed E-state index contributed by atoms with van der Waals surface area (Å²) in [6.45, 7) is 8.48. The van der Waals surface area contributed by atoms with Crippen LogP contribution in [0.25, 0.3) is 0 Å². The van der Waals surface area contributed by atoms with Gasteiger partial charge < -0.3 is 15.0 Å². The number of hydrogen-bond acceptors (Lipinski definition) is 4. The second-order valence-electron chi connectivity index (χ2n) is 7.76. The standard InChI is InChI=1S/C23H28ClN3O2/c1-17-4-2-5-21(22(17)24)27-13-11-26(12-14-27)10-3-15-29-19-7-6-18-8-9-25-23(28)20(18)16-19/h2,4-7,16H,3,8-15H2,1H3,(H,25,28). The van der Waals surface area contributed by atoms with Gasteiger partial charge in [-0.1, -0.05) is 29.8 Å². The van der Waals surface area contributed by atoms with E-state index in [1.54, 1.807) is 0 Å². The van der Waals surface area contributed by atoms with Crippen LogP contribution >= 0.6 is 11.6 Å². The lowest BCUT2D eigenvalue weighted by Crippen LogP contribution is -2.47. The van der Waals surface area contributed by atoms with Crippen LogP contribution in [0.15, 0.2) is 36.4 Å². The van der Waals surface area contributed by atoms with E-state index in [9.17, 15) is 4.79 Å². The average molecular weight is 414 g/mol. The first kappa shape index (κ1) is 20.0. The van der Waals surface area contributed by atoms with Crippen molar-refractivity contribution in [2.45, 2.75) is 19.8 Å². The lowest BCUT2D eigenvalue weighted by molar-refractivity contribution is 0.0945. The summed E-state index contributed by atoms with van der Waals surface area (Å²) in [4.78, 5) is 16.8. The predicted molar refractivity (Wildman–Crippen MR) is 117 cm³/mol. The number of amides is 1. The fraction of sp³-hybridized carbons (Fsp3) is 0.435. The molecule has 6 heteroatoms. The topological polar surface area (TPSA) is 44.8 Å². The summed E-state index contributed by atoms with van der Waals surface area (Å²) in [6, 6.07) is 12.1. The van der Waals surface area contributed by atoms with E-state index >= 15 is 0 Å². The van der Waals surface area contributed by atoms with E-state index in [4.69, 9.17) is 16.3 Å². The maximum absolute atomic E-state index is 12.0. The summed E-state index contributed by atoms with van der Waals surface area (Å²) in [5.74, 6) is 0.781. The van der Waals surface area contributed by atoms with E-state index in [1.807, 2.05) is 18.2 Å². The number of benzene rings is 2. The Morgan fingerprint density at radius 1 is 1.14 bits per heavy atom. The molecule has 2 aromatic carbocycles. The van der Waals surface area contributed by atoms with Gasteiger partial charge in [0.2, 0.25) is 0 Å². The SMILES string of the molecule is Cc1cccc(N2CCN(CCCOc3ccc4c(c3)C(=O)NCC4)CC2)c1Cl. The summed E-state index contributed by atoms with van der Waals surface area (Å²) < 4.78 is 5.90. The molecule has 1 saturated heterocycles. The number of ether oxygens (including phenoxy) is 1. The van der Waals surface area contributed by atoms with Gasteiger partial charge in [-0.25, -0.2) is 0 Å². The van der Waals surface area contributed by atoms with Crippen LogP contribution < -0.4 is 15.0 Å². The molecular formula is C23H28ClN3O2. The minimum absolute atomic E-state index is 0.00304. The zero-order chi connectivity index (χ0) is 20.2. The zero-order valence-electron chi connectivity index (χ0n) is 16.9. The average Bonchev–Trinajstić information content (AvgIpc) is 2.74. The van der Waals surface area contributed by atoms with Gasteiger partial charge in [-0.15, -0.1) is 0 Å². The van der Waals surface area contributed by atoms with Gasteiger partial charge in [-0.05, 0) is 49.1 Å². The van der Waals surface area contributed by atoms with Gasteiger partial charge in [-0.2, -0.15) is 0 Å². The van der Waals surface area contributed by atoms with Crippen molar-refractivity contribution in [2.75, 3.05) is 50.8 Å². The Labute approximate surface area is 177 Å². The highest BCUT2D eigenvalue weighted by atomic mass is 35.5. The third-order valence-electron chi connectivity index (χ3n) is 5.78. The Balaban J connectivity index is 1.21. The van der Waals surface area contributed by atoms with Gasteiger partial charge in [0.25, 0.3) is 5.91 Å². The van der Waals surface area contributed by atoms with Crippen LogP contribution in [0.4, 0.5) is 5.69 Å². The molecule has 29 heavy (non-hydrogen) atoms. The number of anilines is 1. The first-order valence-electron chi connectivity index (χ1n) is 10.4. The molecule has 154 valence electrons. The molecule has 0 saturated carbocycles. The van der Waals surface area contributed by atoms with Gasteiger partial charge in [0, 0.05) is 44.8 Å². The number of rotatable bonds is 6. The maximum Gasteiger partial charge on any atom is 0.251 e. The van der Waals surface area contributed by atoms with Crippen LogP contribution in [0.1, 0.15) is 27.9 Å². The van der Waals surface area contributed by atoms with Crippen molar-refractivity contribution >= 4 is 23.2 Å². The number of halogens is 1. The summed E-state index contributed by atoms with van der Waals surface area (Å²) >= 11 is 6.48. The molecule has 0 aliphatic carbocycles. The van der Waals surface area contributed by atoms with Gasteiger partial charge >= 0.3 is 0 Å². The third kappa shape index (κ3) is 4.68. The molecule has 1 N–H and O–H groups in total. The Bertz CT molecular complexity index is 878. The fourth-order valence-electron chi connectivity index (χ4n) is 4.05. The molecule has 0 radical (unpaired) electrons. The van der Waals surface area contributed by atoms with Crippen molar-refractivity contribution in [2.24, 2.45) is 0 Å². The third-order valence-corrected chi connectivity index (χ3v) is 6.27. The molecule has 0 atom stereocenters. The molecule has 2 aromatic rings. The van der Waals surface area contributed by atoms with Crippen molar-refractivity contribution in [3.63, 3.8) is 0 Å². The molecule has 2 aliphatic rings. The number of carbonyl (C=O) groups is 1. The minimum atomic E-state index is 0.00304. The molecule has 0 aromatic heterocycles. The molecular weight excluding hydrogens is 386 g/mol. The maximum atomic E-state index is 12.0. The highest BCUT2D eigenvalue weighted by Gasteiger charge is 2.19. The quantitative estimate of drug-likeness (QED) is 0.736. The highest BCUT2D eigenvalue weighted by molar-refractivity contribution is 6.34. The Kier molecular flexibility index (Phi) is 6.26. The molecule has 2 aliphatic heterocycles. The monoisotopic (exact) mass is 413 g/mol. The largest absolute Gasteiger partial charge is 0.494 e. The van der Waals surface area contributed by atoms with Crippen LogP contribution in [0.2, 0.25) is 5.02 Å². The van der Waals surface area contributed by atoms with Crippen LogP contribution in [-0.2, 0) is 6.42 Å². The number of aryl methyl sites for hydroxylation is 1. The second kappa shape index (κ2) is 9.06. The van der Waals surface area contributed by atoms with Crippen molar-refractivity contribution < 1.29 is 9.53 Å². The normalized spacial score (nSPS) is 17.0. The van der Waals surface area contributed by atoms with Crippen LogP contribution in [0, 0.1) is 6.92 Å². The molecule has 1 fully saturated rings. The minimum Gasteiger partial charge on any atom is -0.494 e. The molecule has 0 unspecified atom stereocenters. The smallest absolute Gasteiger partial charge is 0.251 e. The first-order valence-corrected chi connectivity index (χ1v) is 10.8. The number of nitrogens with zero attached hydrogens (tertiary/aromatic N) is 2. The van der Waals surface area contributed by atoms with E-state index in [-0.39, 0.29) is 5.91 Å². The van der Waals surface area contributed by atoms with Crippen molar-refractivity contribution in [1.82, 2.24) is 10.2 Å². The van der Waals surface area contributed by atoms with Gasteiger partial charge in [0.1, 0.15) is 5.75 Å². The van der Waals surface area contributed by atoms with E-state index in [1.165, 1.54) is 0 Å². The zero-order valence-corrected chi connectivity index (χ0v) is 17.7. The molecule has 4 rings (SSSR count).